The van der Waals surface area contributed by atoms with Crippen molar-refractivity contribution >= 4 is 15.9 Å². The van der Waals surface area contributed by atoms with E-state index < -0.39 is 10.0 Å². The Hall–Kier alpha value is -1.84. The minimum Gasteiger partial charge on any atom is -0.490 e. The van der Waals surface area contributed by atoms with Crippen LogP contribution in [0, 0.1) is 0 Å². The molecule has 1 aromatic carbocycles. The maximum Gasteiger partial charge on any atom is 0.246 e. The monoisotopic (exact) mass is 356 g/mol. The lowest BCUT2D eigenvalue weighted by atomic mass is 10.2. The number of benzene rings is 1. The molecule has 1 amide bonds. The van der Waals surface area contributed by atoms with Crippen LogP contribution in [0.5, 0.6) is 11.5 Å². The molecule has 0 bridgehead atoms. The van der Waals surface area contributed by atoms with E-state index in [1.165, 1.54) is 23.5 Å². The van der Waals surface area contributed by atoms with Crippen LogP contribution in [0.15, 0.2) is 23.1 Å². The van der Waals surface area contributed by atoms with Gasteiger partial charge in [0.25, 0.3) is 0 Å². The molecule has 1 fully saturated rings. The van der Waals surface area contributed by atoms with E-state index in [-0.39, 0.29) is 36.5 Å². The predicted octanol–water partition coefficient (Wildman–Crippen LogP) is -0.0166. The molecule has 0 aliphatic carbocycles. The smallest absolute Gasteiger partial charge is 0.246 e. The Morgan fingerprint density at radius 3 is 2.71 bits per heavy atom. The number of hydrogen-bond donors (Lipinski definition) is 1. The minimum absolute atomic E-state index is 0.0363. The van der Waals surface area contributed by atoms with Gasteiger partial charge in [0.05, 0.1) is 24.2 Å². The molecular formula is C15H20N2O6S. The summed E-state index contributed by atoms with van der Waals surface area (Å²) in [5, 5.41) is 2.71. The number of carbonyl (C=O) groups is 1. The van der Waals surface area contributed by atoms with Gasteiger partial charge in [-0.15, -0.1) is 0 Å². The van der Waals surface area contributed by atoms with Gasteiger partial charge in [0.1, 0.15) is 6.61 Å². The Bertz CT molecular complexity index is 715. The van der Waals surface area contributed by atoms with Crippen LogP contribution >= 0.6 is 0 Å². The van der Waals surface area contributed by atoms with Crippen molar-refractivity contribution in [2.45, 2.75) is 17.4 Å². The molecule has 1 N–H and O–H groups in total. The van der Waals surface area contributed by atoms with Gasteiger partial charge in [-0.3, -0.25) is 4.79 Å². The Balaban J connectivity index is 1.67. The second-order valence-electron chi connectivity index (χ2n) is 5.68. The summed E-state index contributed by atoms with van der Waals surface area (Å²) in [6.45, 7) is 1.49. The van der Waals surface area contributed by atoms with Gasteiger partial charge >= 0.3 is 0 Å². The quantitative estimate of drug-likeness (QED) is 0.797. The first-order valence-corrected chi connectivity index (χ1v) is 9.13. The zero-order valence-corrected chi connectivity index (χ0v) is 14.2. The van der Waals surface area contributed by atoms with Gasteiger partial charge in [-0.05, 0) is 12.1 Å². The van der Waals surface area contributed by atoms with Gasteiger partial charge in [-0.25, -0.2) is 8.42 Å². The SMILES string of the molecule is COCC(=O)NC1CN(S(=O)(=O)c2ccc3c(c2)OCCCO3)C1. The molecule has 24 heavy (non-hydrogen) atoms. The largest absolute Gasteiger partial charge is 0.490 e. The Morgan fingerprint density at radius 2 is 2.00 bits per heavy atom. The molecule has 8 nitrogen and oxygen atoms in total. The van der Waals surface area contributed by atoms with Crippen LogP contribution in [0.25, 0.3) is 0 Å². The summed E-state index contributed by atoms with van der Waals surface area (Å²) >= 11 is 0. The Morgan fingerprint density at radius 1 is 1.29 bits per heavy atom. The van der Waals surface area contributed by atoms with Gasteiger partial charge in [-0.1, -0.05) is 0 Å². The van der Waals surface area contributed by atoms with Crippen molar-refractivity contribution in [3.8, 4) is 11.5 Å². The van der Waals surface area contributed by atoms with Gasteiger partial charge in [0.2, 0.25) is 15.9 Å². The maximum atomic E-state index is 12.6. The summed E-state index contributed by atoms with van der Waals surface area (Å²) in [5.41, 5.74) is 0. The van der Waals surface area contributed by atoms with Gasteiger partial charge < -0.3 is 19.5 Å². The van der Waals surface area contributed by atoms with E-state index in [9.17, 15) is 13.2 Å². The van der Waals surface area contributed by atoms with Crippen LogP contribution < -0.4 is 14.8 Å². The van der Waals surface area contributed by atoms with Crippen molar-refractivity contribution in [1.29, 1.82) is 0 Å². The number of rotatable bonds is 5. The number of methoxy groups -OCH3 is 1. The highest BCUT2D eigenvalue weighted by Gasteiger charge is 2.37. The zero-order valence-electron chi connectivity index (χ0n) is 13.4. The highest BCUT2D eigenvalue weighted by molar-refractivity contribution is 7.89. The van der Waals surface area contributed by atoms with Crippen molar-refractivity contribution in [2.24, 2.45) is 0 Å². The topological polar surface area (TPSA) is 94.2 Å². The fourth-order valence-corrected chi connectivity index (χ4v) is 4.13. The van der Waals surface area contributed by atoms with Crippen molar-refractivity contribution in [3.05, 3.63) is 18.2 Å². The first-order valence-electron chi connectivity index (χ1n) is 7.69. The summed E-state index contributed by atoms with van der Waals surface area (Å²) in [6, 6.07) is 4.43. The Labute approximate surface area is 140 Å². The number of fused-ring (bicyclic) bond motifs is 1. The zero-order chi connectivity index (χ0) is 17.2. The van der Waals surface area contributed by atoms with E-state index in [1.54, 1.807) is 6.07 Å². The predicted molar refractivity (Wildman–Crippen MR) is 84.6 cm³/mol. The molecule has 2 aliphatic heterocycles. The highest BCUT2D eigenvalue weighted by atomic mass is 32.2. The fourth-order valence-electron chi connectivity index (χ4n) is 2.58. The van der Waals surface area contributed by atoms with Crippen LogP contribution in [-0.4, -0.2) is 64.7 Å². The van der Waals surface area contributed by atoms with E-state index in [4.69, 9.17) is 14.2 Å². The van der Waals surface area contributed by atoms with Gasteiger partial charge in [-0.2, -0.15) is 4.31 Å². The van der Waals surface area contributed by atoms with Gasteiger partial charge in [0.15, 0.2) is 11.5 Å². The maximum absolute atomic E-state index is 12.6. The van der Waals surface area contributed by atoms with Crippen LogP contribution in [-0.2, 0) is 19.6 Å². The number of nitrogens with zero attached hydrogens (tertiary/aromatic N) is 1. The van der Waals surface area contributed by atoms with E-state index in [2.05, 4.69) is 5.32 Å². The summed E-state index contributed by atoms with van der Waals surface area (Å²) in [6.07, 6.45) is 0.756. The van der Waals surface area contributed by atoms with Crippen LogP contribution in [0.2, 0.25) is 0 Å². The third kappa shape index (κ3) is 3.47. The van der Waals surface area contributed by atoms with Crippen molar-refractivity contribution < 1.29 is 27.4 Å². The van der Waals surface area contributed by atoms with Gasteiger partial charge in [0, 0.05) is 32.7 Å². The molecule has 2 heterocycles. The average Bonchev–Trinajstić information content (AvgIpc) is 2.75. The van der Waals surface area contributed by atoms with E-state index in [0.29, 0.717) is 24.7 Å². The molecule has 1 saturated heterocycles. The van der Waals surface area contributed by atoms with Crippen LogP contribution in [0.3, 0.4) is 0 Å². The normalized spacial score (nSPS) is 18.5. The van der Waals surface area contributed by atoms with Crippen LogP contribution in [0.4, 0.5) is 0 Å². The molecule has 1 aromatic rings. The fraction of sp³-hybridized carbons (Fsp3) is 0.533. The molecule has 0 spiro atoms. The molecule has 2 aliphatic rings. The number of amides is 1. The number of nitrogens with one attached hydrogen (secondary N) is 1. The number of hydrogen-bond acceptors (Lipinski definition) is 6. The first-order chi connectivity index (χ1) is 11.5. The second kappa shape index (κ2) is 6.96. The molecule has 0 unspecified atom stereocenters. The van der Waals surface area contributed by atoms with Crippen molar-refractivity contribution in [2.75, 3.05) is 40.0 Å². The lowest BCUT2D eigenvalue weighted by molar-refractivity contribution is -0.126. The third-order valence-electron chi connectivity index (χ3n) is 3.85. The summed E-state index contributed by atoms with van der Waals surface area (Å²) in [4.78, 5) is 11.6. The minimum atomic E-state index is -3.61. The summed E-state index contributed by atoms with van der Waals surface area (Å²) < 4.78 is 42.4. The first kappa shape index (κ1) is 17.0. The lowest BCUT2D eigenvalue weighted by Gasteiger charge is -2.38. The summed E-state index contributed by atoms with van der Waals surface area (Å²) in [5.74, 6) is 0.744. The van der Waals surface area contributed by atoms with Crippen LogP contribution in [0.1, 0.15) is 6.42 Å². The standard InChI is InChI=1S/C15H20N2O6S/c1-21-10-15(18)16-11-8-17(9-11)24(19,20)12-3-4-13-14(7-12)23-6-2-5-22-13/h3-4,7,11H,2,5-6,8-10H2,1H3,(H,16,18). The number of sulfonamides is 1. The molecule has 0 radical (unpaired) electrons. The molecule has 0 aromatic heterocycles. The molecule has 3 rings (SSSR count). The molecule has 132 valence electrons. The Kier molecular flexibility index (Phi) is 4.93. The second-order valence-corrected chi connectivity index (χ2v) is 7.62. The summed E-state index contributed by atoms with van der Waals surface area (Å²) in [7, 11) is -2.18. The van der Waals surface area contributed by atoms with E-state index in [1.807, 2.05) is 0 Å². The number of ether oxygens (including phenoxy) is 3. The molecular weight excluding hydrogens is 336 g/mol. The third-order valence-corrected chi connectivity index (χ3v) is 5.67. The lowest BCUT2D eigenvalue weighted by Crippen LogP contribution is -2.61. The van der Waals surface area contributed by atoms with E-state index >= 15 is 0 Å². The molecule has 9 heteroatoms. The highest BCUT2D eigenvalue weighted by Crippen LogP contribution is 2.33. The van der Waals surface area contributed by atoms with E-state index in [0.717, 1.165) is 6.42 Å². The van der Waals surface area contributed by atoms with Crippen molar-refractivity contribution in [1.82, 2.24) is 9.62 Å². The number of carbonyl (C=O) groups excluding carboxylic acids is 1. The molecule has 0 atom stereocenters. The van der Waals surface area contributed by atoms with Crippen molar-refractivity contribution in [3.63, 3.8) is 0 Å². The molecule has 0 saturated carbocycles. The average molecular weight is 356 g/mol.